The van der Waals surface area contributed by atoms with E-state index in [0.717, 1.165) is 6.42 Å². The zero-order chi connectivity index (χ0) is 13.0. The largest absolute Gasteiger partial charge is 0.496 e. The zero-order valence-electron chi connectivity index (χ0n) is 10.6. The summed E-state index contributed by atoms with van der Waals surface area (Å²) in [4.78, 5) is 12.1. The van der Waals surface area contributed by atoms with Crippen molar-refractivity contribution in [2.75, 3.05) is 33.9 Å². The molecule has 1 N–H and O–H groups in total. The molecule has 1 aliphatic heterocycles. The lowest BCUT2D eigenvalue weighted by atomic mass is 10.1. The van der Waals surface area contributed by atoms with Crippen molar-refractivity contribution >= 4 is 5.78 Å². The summed E-state index contributed by atoms with van der Waals surface area (Å²) in [6.45, 7) is 1.37. The van der Waals surface area contributed by atoms with Gasteiger partial charge in [0, 0.05) is 6.42 Å². The Balaban J connectivity index is 2.48. The number of ketones is 1. The van der Waals surface area contributed by atoms with E-state index in [1.54, 1.807) is 19.2 Å². The highest BCUT2D eigenvalue weighted by Crippen LogP contribution is 2.39. The molecule has 1 aromatic rings. The minimum atomic E-state index is -0.0725. The fourth-order valence-corrected chi connectivity index (χ4v) is 1.90. The molecule has 0 bridgehead atoms. The van der Waals surface area contributed by atoms with Gasteiger partial charge in [-0.3, -0.25) is 4.79 Å². The van der Waals surface area contributed by atoms with E-state index < -0.39 is 0 Å². The summed E-state index contributed by atoms with van der Waals surface area (Å²) in [7, 11) is 3.26. The number of methoxy groups -OCH3 is 1. The van der Waals surface area contributed by atoms with Crippen molar-refractivity contribution < 1.29 is 19.0 Å². The standard InChI is InChI=1S/C13H17NO4/c1-14-8-9(15)12-10(16-2)4-5-11-13(12)18-7-3-6-17-11/h4-5,14H,3,6-8H2,1-2H3. The van der Waals surface area contributed by atoms with Crippen molar-refractivity contribution in [1.82, 2.24) is 5.32 Å². The number of rotatable bonds is 4. The Kier molecular flexibility index (Phi) is 4.04. The molecule has 0 saturated carbocycles. The molecular formula is C13H17NO4. The van der Waals surface area contributed by atoms with Crippen LogP contribution in [0.5, 0.6) is 17.2 Å². The van der Waals surface area contributed by atoms with Gasteiger partial charge in [0.25, 0.3) is 0 Å². The number of likely N-dealkylation sites (N-methyl/N-ethyl adjacent to an activating group) is 1. The molecule has 1 aromatic carbocycles. The van der Waals surface area contributed by atoms with Gasteiger partial charge in [-0.25, -0.2) is 0 Å². The van der Waals surface area contributed by atoms with Crippen LogP contribution in [0.25, 0.3) is 0 Å². The molecule has 0 fully saturated rings. The van der Waals surface area contributed by atoms with E-state index in [4.69, 9.17) is 14.2 Å². The van der Waals surface area contributed by atoms with Crippen LogP contribution in [-0.2, 0) is 0 Å². The van der Waals surface area contributed by atoms with Crippen LogP contribution in [-0.4, -0.2) is 39.7 Å². The van der Waals surface area contributed by atoms with E-state index in [0.29, 0.717) is 36.0 Å². The maximum atomic E-state index is 12.1. The lowest BCUT2D eigenvalue weighted by molar-refractivity contribution is 0.0986. The van der Waals surface area contributed by atoms with Crippen LogP contribution in [0, 0.1) is 0 Å². The Bertz CT molecular complexity index is 445. The Morgan fingerprint density at radius 2 is 2.17 bits per heavy atom. The first-order valence-electron chi connectivity index (χ1n) is 5.92. The normalized spacial score (nSPS) is 13.9. The van der Waals surface area contributed by atoms with Crippen molar-refractivity contribution in [3.05, 3.63) is 17.7 Å². The van der Waals surface area contributed by atoms with Gasteiger partial charge in [-0.2, -0.15) is 0 Å². The van der Waals surface area contributed by atoms with E-state index in [1.165, 1.54) is 7.11 Å². The number of nitrogens with one attached hydrogen (secondary N) is 1. The van der Waals surface area contributed by atoms with Crippen LogP contribution in [0.2, 0.25) is 0 Å². The Morgan fingerprint density at radius 3 is 2.89 bits per heavy atom. The number of hydrogen-bond acceptors (Lipinski definition) is 5. The molecule has 1 heterocycles. The number of carbonyl (C=O) groups is 1. The average molecular weight is 251 g/mol. The minimum Gasteiger partial charge on any atom is -0.496 e. The van der Waals surface area contributed by atoms with Crippen molar-refractivity contribution in [2.24, 2.45) is 0 Å². The first kappa shape index (κ1) is 12.7. The van der Waals surface area contributed by atoms with Gasteiger partial charge in [0.1, 0.15) is 11.3 Å². The lowest BCUT2D eigenvalue weighted by Gasteiger charge is -2.15. The molecule has 0 amide bonds. The molecule has 0 radical (unpaired) electrons. The van der Waals surface area contributed by atoms with Gasteiger partial charge in [-0.15, -0.1) is 0 Å². The summed E-state index contributed by atoms with van der Waals surface area (Å²) >= 11 is 0. The monoisotopic (exact) mass is 251 g/mol. The van der Waals surface area contributed by atoms with E-state index in [9.17, 15) is 4.79 Å². The van der Waals surface area contributed by atoms with Crippen LogP contribution >= 0.6 is 0 Å². The molecule has 18 heavy (non-hydrogen) atoms. The highest BCUT2D eigenvalue weighted by Gasteiger charge is 2.23. The van der Waals surface area contributed by atoms with Gasteiger partial charge in [-0.05, 0) is 19.2 Å². The number of Topliss-reactive ketones (excluding diaryl/α,β-unsaturated/α-hetero) is 1. The number of benzene rings is 1. The molecule has 2 rings (SSSR count). The van der Waals surface area contributed by atoms with Crippen LogP contribution in [0.1, 0.15) is 16.8 Å². The zero-order valence-corrected chi connectivity index (χ0v) is 10.6. The molecule has 5 heteroatoms. The fraction of sp³-hybridized carbons (Fsp3) is 0.462. The number of hydrogen-bond donors (Lipinski definition) is 1. The first-order valence-corrected chi connectivity index (χ1v) is 5.92. The third-order valence-electron chi connectivity index (χ3n) is 2.71. The summed E-state index contributed by atoms with van der Waals surface area (Å²) in [5.74, 6) is 1.54. The minimum absolute atomic E-state index is 0.0725. The maximum Gasteiger partial charge on any atom is 0.184 e. The summed E-state index contributed by atoms with van der Waals surface area (Å²) in [5, 5.41) is 2.84. The fourth-order valence-electron chi connectivity index (χ4n) is 1.90. The predicted octanol–water partition coefficient (Wildman–Crippen LogP) is 1.26. The van der Waals surface area contributed by atoms with E-state index >= 15 is 0 Å². The molecule has 98 valence electrons. The SMILES string of the molecule is CNCC(=O)c1c(OC)ccc2c1OCCCO2. The number of carbonyl (C=O) groups excluding carboxylic acids is 1. The molecule has 0 spiro atoms. The number of fused-ring (bicyclic) bond motifs is 1. The number of ether oxygens (including phenoxy) is 3. The van der Waals surface area contributed by atoms with E-state index in [2.05, 4.69) is 5.32 Å². The molecule has 0 aromatic heterocycles. The highest BCUT2D eigenvalue weighted by molar-refractivity contribution is 6.03. The van der Waals surface area contributed by atoms with Crippen molar-refractivity contribution in [2.45, 2.75) is 6.42 Å². The topological polar surface area (TPSA) is 56.8 Å². The van der Waals surface area contributed by atoms with Crippen molar-refractivity contribution in [3.63, 3.8) is 0 Å². The summed E-state index contributed by atoms with van der Waals surface area (Å²) in [6, 6.07) is 3.51. The summed E-state index contributed by atoms with van der Waals surface area (Å²) < 4.78 is 16.4. The van der Waals surface area contributed by atoms with Gasteiger partial charge in [0.05, 0.1) is 26.9 Å². The second-order valence-electron chi connectivity index (χ2n) is 3.97. The van der Waals surface area contributed by atoms with Gasteiger partial charge in [0.2, 0.25) is 0 Å². The Morgan fingerprint density at radius 1 is 1.39 bits per heavy atom. The van der Waals surface area contributed by atoms with Crippen molar-refractivity contribution in [3.8, 4) is 17.2 Å². The highest BCUT2D eigenvalue weighted by atomic mass is 16.5. The van der Waals surface area contributed by atoms with Crippen molar-refractivity contribution in [1.29, 1.82) is 0 Å². The second-order valence-corrected chi connectivity index (χ2v) is 3.97. The third kappa shape index (κ3) is 2.41. The van der Waals surface area contributed by atoms with Gasteiger partial charge in [-0.1, -0.05) is 0 Å². The Labute approximate surface area is 106 Å². The van der Waals surface area contributed by atoms with Crippen LogP contribution in [0.3, 0.4) is 0 Å². The van der Waals surface area contributed by atoms with E-state index in [1.807, 2.05) is 0 Å². The van der Waals surface area contributed by atoms with Crippen LogP contribution in [0.4, 0.5) is 0 Å². The van der Waals surface area contributed by atoms with Crippen LogP contribution < -0.4 is 19.5 Å². The molecule has 1 aliphatic rings. The van der Waals surface area contributed by atoms with Crippen LogP contribution in [0.15, 0.2) is 12.1 Å². The molecular weight excluding hydrogens is 234 g/mol. The van der Waals surface area contributed by atoms with Gasteiger partial charge < -0.3 is 19.5 Å². The first-order chi connectivity index (χ1) is 8.77. The van der Waals surface area contributed by atoms with Gasteiger partial charge in [0.15, 0.2) is 17.3 Å². The molecule has 0 aliphatic carbocycles. The quantitative estimate of drug-likeness (QED) is 0.816. The average Bonchev–Trinajstić information content (AvgIpc) is 2.62. The smallest absolute Gasteiger partial charge is 0.184 e. The predicted molar refractivity (Wildman–Crippen MR) is 66.9 cm³/mol. The summed E-state index contributed by atoms with van der Waals surface area (Å²) in [5.41, 5.74) is 0.450. The molecule has 0 unspecified atom stereocenters. The molecule has 0 saturated heterocycles. The molecule has 5 nitrogen and oxygen atoms in total. The maximum absolute atomic E-state index is 12.1. The third-order valence-corrected chi connectivity index (χ3v) is 2.71. The summed E-state index contributed by atoms with van der Waals surface area (Å²) in [6.07, 6.45) is 0.802. The molecule has 0 atom stereocenters. The lowest BCUT2D eigenvalue weighted by Crippen LogP contribution is -2.20. The second kappa shape index (κ2) is 5.73. The van der Waals surface area contributed by atoms with E-state index in [-0.39, 0.29) is 12.3 Å². The van der Waals surface area contributed by atoms with Gasteiger partial charge >= 0.3 is 0 Å². The Hall–Kier alpha value is -1.75.